The van der Waals surface area contributed by atoms with Gasteiger partial charge in [-0.25, -0.2) is 0 Å². The summed E-state index contributed by atoms with van der Waals surface area (Å²) in [5, 5.41) is 0.797. The van der Waals surface area contributed by atoms with E-state index in [1.165, 1.54) is 37.7 Å². The number of benzene rings is 2. The highest BCUT2D eigenvalue weighted by Crippen LogP contribution is 2.62. The average Bonchev–Trinajstić information content (AvgIpc) is 2.59. The molecule has 2 aromatic rings. The summed E-state index contributed by atoms with van der Waals surface area (Å²) in [6, 6.07) is 14.5. The average molecular weight is 429 g/mol. The van der Waals surface area contributed by atoms with Crippen LogP contribution in [-0.4, -0.2) is 0 Å². The Balaban J connectivity index is 1.53. The van der Waals surface area contributed by atoms with Crippen LogP contribution in [0.2, 0.25) is 5.02 Å². The number of hydrogen-bond donors (Lipinski definition) is 2. The zero-order chi connectivity index (χ0) is 20.9. The summed E-state index contributed by atoms with van der Waals surface area (Å²) in [7, 11) is 0. The first kappa shape index (κ1) is 20.9. The van der Waals surface area contributed by atoms with Crippen LogP contribution in [0.4, 0.5) is 11.4 Å². The summed E-state index contributed by atoms with van der Waals surface area (Å²) in [5.74, 6) is 0.837. The third-order valence-corrected chi connectivity index (χ3v) is 8.14. The largest absolute Gasteiger partial charge is 0.399 e. The van der Waals surface area contributed by atoms with Gasteiger partial charge in [-0.15, -0.1) is 0 Å². The minimum atomic E-state index is 0.189. The summed E-state index contributed by atoms with van der Waals surface area (Å²) in [6.07, 6.45) is 6.57. The molecule has 0 radical (unpaired) electrons. The van der Waals surface area contributed by atoms with Crippen LogP contribution in [0.25, 0.3) is 0 Å². The quantitative estimate of drug-likeness (QED) is 0.383. The van der Waals surface area contributed by atoms with E-state index >= 15 is 0 Å². The van der Waals surface area contributed by atoms with Crippen LogP contribution in [0.3, 0.4) is 0 Å². The van der Waals surface area contributed by atoms with Gasteiger partial charge in [-0.3, -0.25) is 0 Å². The number of halogens is 1. The number of rotatable bonds is 4. The van der Waals surface area contributed by atoms with E-state index in [1.807, 2.05) is 24.3 Å². The fourth-order valence-electron chi connectivity index (χ4n) is 6.97. The SMILES string of the molecule is CC1CC2(C)CC(C)(C1)CC(C)(c1ccc(NSc3ccc(N)cc3)c(Cl)c1)C2. The number of nitrogens with two attached hydrogens (primary N) is 1. The van der Waals surface area contributed by atoms with Crippen LogP contribution >= 0.6 is 23.5 Å². The lowest BCUT2D eigenvalue weighted by Crippen LogP contribution is -2.49. The summed E-state index contributed by atoms with van der Waals surface area (Å²) in [4.78, 5) is 1.11. The van der Waals surface area contributed by atoms with Crippen molar-refractivity contribution in [2.45, 2.75) is 70.1 Å². The molecule has 156 valence electrons. The van der Waals surface area contributed by atoms with E-state index in [9.17, 15) is 0 Å². The summed E-state index contributed by atoms with van der Waals surface area (Å²) >= 11 is 8.28. The first-order valence-electron chi connectivity index (χ1n) is 10.7. The maximum Gasteiger partial charge on any atom is 0.0648 e. The molecule has 29 heavy (non-hydrogen) atoms. The molecule has 0 spiro atoms. The fourth-order valence-corrected chi connectivity index (χ4v) is 7.93. The molecule has 2 nitrogen and oxygen atoms in total. The predicted octanol–water partition coefficient (Wildman–Crippen LogP) is 7.93. The highest BCUT2D eigenvalue weighted by molar-refractivity contribution is 8.00. The first-order chi connectivity index (χ1) is 13.6. The number of fused-ring (bicyclic) bond motifs is 2. The minimum absolute atomic E-state index is 0.189. The zero-order valence-corrected chi connectivity index (χ0v) is 19.6. The third-order valence-electron chi connectivity index (χ3n) is 6.99. The highest BCUT2D eigenvalue weighted by Gasteiger charge is 2.52. The molecule has 4 heteroatoms. The second kappa shape index (κ2) is 7.42. The minimum Gasteiger partial charge on any atom is -0.399 e. The molecule has 0 heterocycles. The van der Waals surface area contributed by atoms with Crippen LogP contribution in [0.15, 0.2) is 47.4 Å². The van der Waals surface area contributed by atoms with Crippen molar-refractivity contribution in [3.8, 4) is 0 Å². The molecule has 4 rings (SSSR count). The van der Waals surface area contributed by atoms with E-state index in [0.717, 1.165) is 27.2 Å². The van der Waals surface area contributed by atoms with Crippen molar-refractivity contribution in [1.29, 1.82) is 0 Å². The van der Waals surface area contributed by atoms with Gasteiger partial charge in [-0.05, 0) is 108 Å². The van der Waals surface area contributed by atoms with Gasteiger partial charge in [0.2, 0.25) is 0 Å². The fraction of sp³-hybridized carbons (Fsp3) is 0.520. The molecule has 2 aliphatic rings. The van der Waals surface area contributed by atoms with E-state index in [2.05, 4.69) is 50.6 Å². The normalized spacial score (nSPS) is 34.0. The Morgan fingerprint density at radius 1 is 0.966 bits per heavy atom. The molecule has 2 saturated carbocycles. The van der Waals surface area contributed by atoms with Crippen LogP contribution in [0, 0.1) is 16.7 Å². The van der Waals surface area contributed by atoms with Gasteiger partial charge in [0.05, 0.1) is 10.7 Å². The summed E-state index contributed by atoms with van der Waals surface area (Å²) < 4.78 is 3.40. The Morgan fingerprint density at radius 3 is 2.17 bits per heavy atom. The van der Waals surface area contributed by atoms with E-state index in [0.29, 0.717) is 10.8 Å². The van der Waals surface area contributed by atoms with E-state index < -0.39 is 0 Å². The molecule has 2 aromatic carbocycles. The third kappa shape index (κ3) is 4.41. The van der Waals surface area contributed by atoms with Crippen molar-refractivity contribution in [3.63, 3.8) is 0 Å². The van der Waals surface area contributed by atoms with Gasteiger partial charge in [0.1, 0.15) is 0 Å². The lowest BCUT2D eigenvalue weighted by Gasteiger charge is -2.58. The molecule has 0 saturated heterocycles. The van der Waals surface area contributed by atoms with Gasteiger partial charge in [0.25, 0.3) is 0 Å². The van der Waals surface area contributed by atoms with Gasteiger partial charge in [-0.1, -0.05) is 45.4 Å². The molecule has 2 unspecified atom stereocenters. The molecule has 2 aliphatic carbocycles. The van der Waals surface area contributed by atoms with Crippen LogP contribution in [0.1, 0.15) is 65.4 Å². The predicted molar refractivity (Wildman–Crippen MR) is 128 cm³/mol. The molecule has 3 N–H and O–H groups in total. The number of nitrogens with one attached hydrogen (secondary N) is 1. The maximum absolute atomic E-state index is 6.72. The van der Waals surface area contributed by atoms with Crippen molar-refractivity contribution in [1.82, 2.24) is 0 Å². The molecule has 2 bridgehead atoms. The Hall–Kier alpha value is -1.32. The number of nitrogen functional groups attached to an aromatic ring is 1. The topological polar surface area (TPSA) is 38.0 Å². The van der Waals surface area contributed by atoms with Crippen molar-refractivity contribution in [3.05, 3.63) is 53.1 Å². The second-order valence-corrected chi connectivity index (χ2v) is 12.0. The highest BCUT2D eigenvalue weighted by atomic mass is 35.5. The Morgan fingerprint density at radius 2 is 1.59 bits per heavy atom. The molecule has 0 aliphatic heterocycles. The molecule has 0 amide bonds. The molecular formula is C25H33ClN2S. The van der Waals surface area contributed by atoms with Crippen molar-refractivity contribution < 1.29 is 0 Å². The standard InChI is InChI=1S/C25H33ClN2S/c1-17-12-23(2)14-24(3,13-17)16-25(4,15-23)18-5-10-22(21(26)11-18)28-29-20-8-6-19(27)7-9-20/h5-11,17,28H,12-16,27H2,1-4H3. The monoisotopic (exact) mass is 428 g/mol. The Labute approximate surface area is 185 Å². The van der Waals surface area contributed by atoms with Gasteiger partial charge >= 0.3 is 0 Å². The van der Waals surface area contributed by atoms with Gasteiger partial charge < -0.3 is 10.5 Å². The van der Waals surface area contributed by atoms with Gasteiger partial charge in [0, 0.05) is 10.6 Å². The molecule has 0 aromatic heterocycles. The first-order valence-corrected chi connectivity index (χ1v) is 11.9. The molecule has 2 fully saturated rings. The van der Waals surface area contributed by atoms with E-state index in [1.54, 1.807) is 11.9 Å². The van der Waals surface area contributed by atoms with Crippen LogP contribution < -0.4 is 10.5 Å². The van der Waals surface area contributed by atoms with Gasteiger partial charge in [0.15, 0.2) is 0 Å². The van der Waals surface area contributed by atoms with Gasteiger partial charge in [-0.2, -0.15) is 0 Å². The van der Waals surface area contributed by atoms with E-state index in [4.69, 9.17) is 17.3 Å². The van der Waals surface area contributed by atoms with Crippen molar-refractivity contribution in [2.24, 2.45) is 16.7 Å². The van der Waals surface area contributed by atoms with Crippen molar-refractivity contribution >= 4 is 34.9 Å². The van der Waals surface area contributed by atoms with Crippen LogP contribution in [-0.2, 0) is 5.41 Å². The Bertz CT molecular complexity index is 876. The summed E-state index contributed by atoms with van der Waals surface area (Å²) in [6.45, 7) is 9.92. The second-order valence-electron chi connectivity index (χ2n) is 10.7. The summed E-state index contributed by atoms with van der Waals surface area (Å²) in [5.41, 5.74) is 9.96. The van der Waals surface area contributed by atoms with Crippen LogP contribution in [0.5, 0.6) is 0 Å². The Kier molecular flexibility index (Phi) is 5.36. The number of hydrogen-bond acceptors (Lipinski definition) is 3. The van der Waals surface area contributed by atoms with Crippen molar-refractivity contribution in [2.75, 3.05) is 10.5 Å². The lowest BCUT2D eigenvalue weighted by atomic mass is 9.47. The maximum atomic E-state index is 6.72. The molecule has 2 atom stereocenters. The van der Waals surface area contributed by atoms with E-state index in [-0.39, 0.29) is 5.41 Å². The zero-order valence-electron chi connectivity index (χ0n) is 18.0. The smallest absolute Gasteiger partial charge is 0.0648 e. The lowest BCUT2D eigenvalue weighted by molar-refractivity contribution is -0.0413. The number of anilines is 2. The molecular weight excluding hydrogens is 396 g/mol.